The largest absolute Gasteiger partial charge is 0.469 e. The summed E-state index contributed by atoms with van der Waals surface area (Å²) in [5.74, 6) is -2.63. The Balaban J connectivity index is 2.05. The summed E-state index contributed by atoms with van der Waals surface area (Å²) in [7, 11) is 2.70. The van der Waals surface area contributed by atoms with Crippen molar-refractivity contribution >= 4 is 29.4 Å². The van der Waals surface area contributed by atoms with Gasteiger partial charge in [-0.15, -0.1) is 0 Å². The molecule has 190 valence electrons. The minimum Gasteiger partial charge on any atom is -0.469 e. The molecule has 3 aliphatic heterocycles. The Labute approximate surface area is 205 Å². The first-order valence-electron chi connectivity index (χ1n) is 12.1. The number of piperidine rings is 1. The van der Waals surface area contributed by atoms with Crippen LogP contribution in [0.3, 0.4) is 0 Å². The van der Waals surface area contributed by atoms with Gasteiger partial charge in [-0.2, -0.15) is 5.06 Å². The summed E-state index contributed by atoms with van der Waals surface area (Å²) in [5, 5.41) is 1.56. The maximum absolute atomic E-state index is 14.6. The number of hydrogen-bond acceptors (Lipinski definition) is 8. The number of ether oxygens (including phenoxy) is 2. The molecule has 2 amide bonds. The molecule has 1 aromatic rings. The molecule has 2 fully saturated rings. The van der Waals surface area contributed by atoms with Gasteiger partial charge in [0.15, 0.2) is 5.78 Å². The fourth-order valence-corrected chi connectivity index (χ4v) is 6.47. The van der Waals surface area contributed by atoms with E-state index in [2.05, 4.69) is 0 Å². The molecule has 0 aromatic heterocycles. The third kappa shape index (κ3) is 3.35. The van der Waals surface area contributed by atoms with Crippen LogP contribution in [0.25, 0.3) is 0 Å². The molecule has 2 bridgehead atoms. The number of amides is 2. The monoisotopic (exact) mass is 486 g/mol. The van der Waals surface area contributed by atoms with Crippen molar-refractivity contribution in [1.82, 2.24) is 5.06 Å². The van der Waals surface area contributed by atoms with E-state index in [1.54, 1.807) is 50.1 Å². The predicted octanol–water partition coefficient (Wildman–Crippen LogP) is 3.53. The van der Waals surface area contributed by atoms with Crippen molar-refractivity contribution in [2.24, 2.45) is 5.92 Å². The van der Waals surface area contributed by atoms with E-state index < -0.39 is 46.5 Å². The molecule has 0 radical (unpaired) electrons. The lowest BCUT2D eigenvalue weighted by atomic mass is 9.59. The maximum atomic E-state index is 14.6. The average molecular weight is 487 g/mol. The Morgan fingerprint density at radius 3 is 2.43 bits per heavy atom. The van der Waals surface area contributed by atoms with Crippen LogP contribution in [0.4, 0.5) is 10.5 Å². The van der Waals surface area contributed by atoms with E-state index in [4.69, 9.17) is 14.3 Å². The smallest absolute Gasteiger partial charge is 0.421 e. The van der Waals surface area contributed by atoms with Crippen molar-refractivity contribution < 1.29 is 33.5 Å². The number of fused-ring (bicyclic) bond motifs is 5. The van der Waals surface area contributed by atoms with Crippen molar-refractivity contribution in [2.75, 3.05) is 19.1 Å². The second-order valence-corrected chi connectivity index (χ2v) is 10.5. The molecule has 35 heavy (non-hydrogen) atoms. The number of nitrogens with zero attached hydrogens (tertiary/aromatic N) is 2. The van der Waals surface area contributed by atoms with Gasteiger partial charge in [-0.25, -0.2) is 9.69 Å². The van der Waals surface area contributed by atoms with E-state index in [1.807, 2.05) is 6.92 Å². The van der Waals surface area contributed by atoms with E-state index in [0.717, 1.165) is 17.7 Å². The number of carbonyl (C=O) groups is 4. The Bertz CT molecular complexity index is 1060. The number of methoxy groups -OCH3 is 1. The number of unbranched alkanes of at least 4 members (excludes halogenated alkanes) is 1. The standard InChI is InChI=1S/C26H34N2O7/c1-7-8-14-25-15-13-18(29)20(28(25)34-6)19(21(30)33-5)26(25)16-11-9-10-12-17(16)27(22(26)31)23(32)35-24(2,3)4/h9-12,19-20H,7-8,13-15H2,1-6H3/t19-,20+,25-,26+/m0/s1. The summed E-state index contributed by atoms with van der Waals surface area (Å²) in [6, 6.07) is 5.94. The molecule has 3 heterocycles. The van der Waals surface area contributed by atoms with E-state index in [0.29, 0.717) is 24.1 Å². The second-order valence-electron chi connectivity index (χ2n) is 10.5. The van der Waals surface area contributed by atoms with Crippen molar-refractivity contribution in [3.05, 3.63) is 29.8 Å². The topological polar surface area (TPSA) is 102 Å². The molecule has 2 saturated heterocycles. The van der Waals surface area contributed by atoms with Gasteiger partial charge in [-0.05, 0) is 45.2 Å². The van der Waals surface area contributed by atoms with E-state index in [1.165, 1.54) is 14.2 Å². The number of hydrogen-bond donors (Lipinski definition) is 0. The number of esters is 1. The molecular formula is C26H34N2O7. The van der Waals surface area contributed by atoms with Crippen LogP contribution in [0.15, 0.2) is 24.3 Å². The molecule has 0 saturated carbocycles. The second kappa shape index (κ2) is 8.71. The van der Waals surface area contributed by atoms with Crippen LogP contribution in [0.1, 0.15) is 65.4 Å². The number of carbonyl (C=O) groups excluding carboxylic acids is 4. The van der Waals surface area contributed by atoms with Gasteiger partial charge < -0.3 is 14.3 Å². The van der Waals surface area contributed by atoms with Crippen LogP contribution in [0, 0.1) is 5.92 Å². The minimum absolute atomic E-state index is 0.188. The SMILES string of the molecule is CCCC[C@]12CCC(=O)[C@H]([C@@H](C(=O)OC)[C@]13C(=O)N(C(=O)OC(C)(C)C)c1ccccc13)N2OC. The number of benzene rings is 1. The number of ketones is 1. The van der Waals surface area contributed by atoms with E-state index >= 15 is 0 Å². The van der Waals surface area contributed by atoms with Crippen molar-refractivity contribution in [1.29, 1.82) is 0 Å². The predicted molar refractivity (Wildman–Crippen MR) is 126 cm³/mol. The maximum Gasteiger partial charge on any atom is 0.421 e. The third-order valence-electron chi connectivity index (χ3n) is 7.59. The fraction of sp³-hybridized carbons (Fsp3) is 0.615. The molecule has 9 nitrogen and oxygen atoms in total. The summed E-state index contributed by atoms with van der Waals surface area (Å²) >= 11 is 0. The van der Waals surface area contributed by atoms with Gasteiger partial charge in [0.25, 0.3) is 0 Å². The molecule has 0 N–H and O–H groups in total. The number of hydroxylamine groups is 2. The Morgan fingerprint density at radius 1 is 1.14 bits per heavy atom. The van der Waals surface area contributed by atoms with Crippen LogP contribution >= 0.6 is 0 Å². The molecule has 0 aliphatic carbocycles. The highest BCUT2D eigenvalue weighted by atomic mass is 16.7. The lowest BCUT2D eigenvalue weighted by molar-refractivity contribution is -0.227. The molecule has 4 atom stereocenters. The zero-order chi connectivity index (χ0) is 25.8. The molecule has 4 rings (SSSR count). The van der Waals surface area contributed by atoms with Crippen LogP contribution in [-0.2, 0) is 34.1 Å². The minimum atomic E-state index is -1.56. The first-order chi connectivity index (χ1) is 16.5. The van der Waals surface area contributed by atoms with Crippen LogP contribution in [0.2, 0.25) is 0 Å². The summed E-state index contributed by atoms with van der Waals surface area (Å²) in [6.45, 7) is 7.21. The van der Waals surface area contributed by atoms with Crippen LogP contribution < -0.4 is 4.90 Å². The average Bonchev–Trinajstić information content (AvgIpc) is 3.18. The van der Waals surface area contributed by atoms with Crippen LogP contribution in [0.5, 0.6) is 0 Å². The highest BCUT2D eigenvalue weighted by molar-refractivity contribution is 6.24. The zero-order valence-corrected chi connectivity index (χ0v) is 21.3. The first-order valence-corrected chi connectivity index (χ1v) is 12.1. The van der Waals surface area contributed by atoms with Gasteiger partial charge in [0.1, 0.15) is 23.0 Å². The number of Topliss-reactive ketones (excluding diaryl/α,β-unsaturated/α-hetero) is 1. The van der Waals surface area contributed by atoms with Crippen molar-refractivity contribution in [2.45, 2.75) is 82.4 Å². The fourth-order valence-electron chi connectivity index (χ4n) is 6.47. The first kappa shape index (κ1) is 25.3. The molecule has 3 aliphatic rings. The number of para-hydroxylation sites is 1. The Hall–Kier alpha value is -2.78. The lowest BCUT2D eigenvalue weighted by Gasteiger charge is -2.48. The Kier molecular flexibility index (Phi) is 6.30. The summed E-state index contributed by atoms with van der Waals surface area (Å²) in [5.41, 5.74) is -2.56. The van der Waals surface area contributed by atoms with Gasteiger partial charge in [-0.3, -0.25) is 14.4 Å². The summed E-state index contributed by atoms with van der Waals surface area (Å²) < 4.78 is 10.8. The Morgan fingerprint density at radius 2 is 1.83 bits per heavy atom. The van der Waals surface area contributed by atoms with Crippen molar-refractivity contribution in [3.63, 3.8) is 0 Å². The molecular weight excluding hydrogens is 452 g/mol. The normalized spacial score (nSPS) is 30.1. The highest BCUT2D eigenvalue weighted by Crippen LogP contribution is 2.65. The van der Waals surface area contributed by atoms with Gasteiger partial charge in [-0.1, -0.05) is 38.0 Å². The number of anilines is 1. The van der Waals surface area contributed by atoms with Gasteiger partial charge in [0, 0.05) is 6.42 Å². The molecule has 0 unspecified atom stereocenters. The number of rotatable bonds is 5. The van der Waals surface area contributed by atoms with E-state index in [9.17, 15) is 19.2 Å². The van der Waals surface area contributed by atoms with Crippen LogP contribution in [-0.4, -0.2) is 60.2 Å². The van der Waals surface area contributed by atoms with E-state index in [-0.39, 0.29) is 12.2 Å². The molecule has 1 aromatic carbocycles. The molecule has 9 heteroatoms. The highest BCUT2D eigenvalue weighted by Gasteiger charge is 2.80. The summed E-state index contributed by atoms with van der Waals surface area (Å²) in [4.78, 5) is 61.6. The molecule has 1 spiro atoms. The zero-order valence-electron chi connectivity index (χ0n) is 21.3. The number of imide groups is 1. The van der Waals surface area contributed by atoms with Gasteiger partial charge in [0.05, 0.1) is 25.4 Å². The van der Waals surface area contributed by atoms with Gasteiger partial charge >= 0.3 is 12.1 Å². The quantitative estimate of drug-likeness (QED) is 0.583. The van der Waals surface area contributed by atoms with Gasteiger partial charge in [0.2, 0.25) is 5.91 Å². The lowest BCUT2D eigenvalue weighted by Crippen LogP contribution is -2.63. The van der Waals surface area contributed by atoms with Crippen molar-refractivity contribution in [3.8, 4) is 0 Å². The summed E-state index contributed by atoms with van der Waals surface area (Å²) in [6.07, 6.45) is 1.76. The third-order valence-corrected chi connectivity index (χ3v) is 7.59.